The highest BCUT2D eigenvalue weighted by atomic mass is 19.3. The van der Waals surface area contributed by atoms with Crippen molar-refractivity contribution in [2.75, 3.05) is 13.2 Å². The minimum Gasteiger partial charge on any atom is -0.379 e. The number of nitrogens with one attached hydrogen (secondary N) is 1. The Morgan fingerprint density at radius 1 is 1.27 bits per heavy atom. The van der Waals surface area contributed by atoms with Gasteiger partial charge in [-0.3, -0.25) is 9.59 Å². The third kappa shape index (κ3) is 3.90. The summed E-state index contributed by atoms with van der Waals surface area (Å²) in [6.07, 6.45) is 3.61. The summed E-state index contributed by atoms with van der Waals surface area (Å²) in [5.74, 6) is -4.16. The summed E-state index contributed by atoms with van der Waals surface area (Å²) in [6.45, 7) is 3.84. The van der Waals surface area contributed by atoms with Crippen molar-refractivity contribution in [2.24, 2.45) is 5.41 Å². The summed E-state index contributed by atoms with van der Waals surface area (Å²) < 4.78 is 36.8. The van der Waals surface area contributed by atoms with Gasteiger partial charge in [0.05, 0.1) is 24.7 Å². The number of hydrogen-bond acceptors (Lipinski definition) is 6. The average Bonchev–Trinajstić information content (AvgIpc) is 3.38. The van der Waals surface area contributed by atoms with Crippen molar-refractivity contribution in [3.63, 3.8) is 0 Å². The fraction of sp³-hybridized carbons (Fsp3) is 0.565. The van der Waals surface area contributed by atoms with Crippen LogP contribution in [-0.4, -0.2) is 52.2 Å². The first-order valence-electron chi connectivity index (χ1n) is 11.2. The van der Waals surface area contributed by atoms with Crippen molar-refractivity contribution < 1.29 is 27.6 Å². The number of benzene rings is 1. The van der Waals surface area contributed by atoms with Gasteiger partial charge < -0.3 is 19.5 Å². The van der Waals surface area contributed by atoms with E-state index in [1.165, 1.54) is 0 Å². The van der Waals surface area contributed by atoms with E-state index >= 15 is 0 Å². The molecule has 0 bridgehead atoms. The number of fused-ring (bicyclic) bond motifs is 1. The monoisotopic (exact) mass is 460 g/mol. The third-order valence-corrected chi connectivity index (χ3v) is 6.84. The van der Waals surface area contributed by atoms with E-state index in [0.717, 1.165) is 31.2 Å². The van der Waals surface area contributed by atoms with Crippen molar-refractivity contribution in [3.05, 3.63) is 35.2 Å². The molecule has 1 saturated carbocycles. The molecule has 0 spiro atoms. The van der Waals surface area contributed by atoms with Crippen LogP contribution in [0.2, 0.25) is 0 Å². The molecule has 2 aliphatic heterocycles. The van der Waals surface area contributed by atoms with Gasteiger partial charge in [-0.05, 0) is 31.4 Å². The lowest BCUT2D eigenvalue weighted by Gasteiger charge is -2.42. The van der Waals surface area contributed by atoms with Crippen molar-refractivity contribution in [2.45, 2.75) is 64.1 Å². The topological polar surface area (TPSA) is 97.6 Å². The number of alkyl halides is 2. The third-order valence-electron chi connectivity index (χ3n) is 6.84. The number of ether oxygens (including phenoxy) is 1. The maximum Gasteiger partial charge on any atom is 0.322 e. The molecule has 2 aromatic rings. The van der Waals surface area contributed by atoms with Gasteiger partial charge in [0.15, 0.2) is 0 Å². The van der Waals surface area contributed by atoms with Crippen LogP contribution < -0.4 is 5.32 Å². The van der Waals surface area contributed by atoms with Crippen LogP contribution in [0.25, 0.3) is 11.4 Å². The van der Waals surface area contributed by atoms with Crippen LogP contribution >= 0.6 is 0 Å². The molecule has 2 unspecified atom stereocenters. The van der Waals surface area contributed by atoms with Gasteiger partial charge in [0.2, 0.25) is 11.7 Å². The second kappa shape index (κ2) is 7.86. The normalized spacial score (nSPS) is 24.4. The SMILES string of the molecule is CC1(C(=O)NC2CCCCC2N2Cc3ccc(-c4noc(C(C)(F)F)n4)cc3C2=O)COC1. The Morgan fingerprint density at radius 3 is 2.70 bits per heavy atom. The molecule has 1 saturated heterocycles. The average molecular weight is 460 g/mol. The van der Waals surface area contributed by atoms with Crippen molar-refractivity contribution in [1.82, 2.24) is 20.4 Å². The summed E-state index contributed by atoms with van der Waals surface area (Å²) in [7, 11) is 0. The highest BCUT2D eigenvalue weighted by Gasteiger charge is 2.44. The predicted octanol–water partition coefficient (Wildman–Crippen LogP) is 3.27. The van der Waals surface area contributed by atoms with Crippen LogP contribution in [0.1, 0.15) is 61.3 Å². The standard InChI is InChI=1S/C23H26F2N4O4/c1-22(11-32-12-22)20(31)26-16-5-3-4-6-17(16)29-10-14-8-7-13(9-15(14)19(29)30)18-27-21(33-28-18)23(2,24)25/h7-9,16-17H,3-6,10-12H2,1-2H3,(H,26,31). The lowest BCUT2D eigenvalue weighted by Crippen LogP contribution is -2.59. The molecule has 5 rings (SSSR count). The van der Waals surface area contributed by atoms with E-state index in [2.05, 4.69) is 20.0 Å². The number of hydrogen-bond donors (Lipinski definition) is 1. The summed E-state index contributed by atoms with van der Waals surface area (Å²) in [6, 6.07) is 4.91. The first-order chi connectivity index (χ1) is 15.7. The zero-order chi connectivity index (χ0) is 23.4. The summed E-state index contributed by atoms with van der Waals surface area (Å²) in [5.41, 5.74) is 1.28. The van der Waals surface area contributed by atoms with Crippen LogP contribution in [0.4, 0.5) is 8.78 Å². The zero-order valence-electron chi connectivity index (χ0n) is 18.6. The van der Waals surface area contributed by atoms with Gasteiger partial charge in [-0.1, -0.05) is 30.1 Å². The van der Waals surface area contributed by atoms with Gasteiger partial charge in [-0.25, -0.2) is 0 Å². The van der Waals surface area contributed by atoms with Gasteiger partial charge in [0.1, 0.15) is 0 Å². The van der Waals surface area contributed by atoms with E-state index in [0.29, 0.717) is 37.8 Å². The molecule has 0 radical (unpaired) electrons. The highest BCUT2D eigenvalue weighted by molar-refractivity contribution is 5.99. The van der Waals surface area contributed by atoms with Gasteiger partial charge in [-0.15, -0.1) is 0 Å². The fourth-order valence-electron chi connectivity index (χ4n) is 4.78. The number of halogens is 2. The van der Waals surface area contributed by atoms with E-state index in [9.17, 15) is 18.4 Å². The second-order valence-corrected chi connectivity index (χ2v) is 9.60. The molecular formula is C23H26F2N4O4. The van der Waals surface area contributed by atoms with E-state index in [4.69, 9.17) is 4.74 Å². The Balaban J connectivity index is 1.35. The van der Waals surface area contributed by atoms with Crippen molar-refractivity contribution in [3.8, 4) is 11.4 Å². The molecule has 2 atom stereocenters. The Hall–Kier alpha value is -2.88. The number of nitrogens with zero attached hydrogens (tertiary/aromatic N) is 3. The van der Waals surface area contributed by atoms with Gasteiger partial charge in [0.25, 0.3) is 11.8 Å². The van der Waals surface area contributed by atoms with Gasteiger partial charge >= 0.3 is 5.92 Å². The Bertz CT molecular complexity index is 1090. The molecule has 1 aromatic heterocycles. The van der Waals surface area contributed by atoms with Crippen LogP contribution in [0, 0.1) is 5.41 Å². The molecule has 8 nitrogen and oxygen atoms in total. The van der Waals surface area contributed by atoms with Crippen molar-refractivity contribution >= 4 is 11.8 Å². The minimum absolute atomic E-state index is 0.0133. The Morgan fingerprint density at radius 2 is 2.03 bits per heavy atom. The largest absolute Gasteiger partial charge is 0.379 e. The molecule has 10 heteroatoms. The first-order valence-corrected chi connectivity index (χ1v) is 11.2. The quantitative estimate of drug-likeness (QED) is 0.736. The Labute approximate surface area is 189 Å². The lowest BCUT2D eigenvalue weighted by molar-refractivity contribution is -0.159. The maximum atomic E-state index is 13.5. The van der Waals surface area contributed by atoms with E-state index in [1.54, 1.807) is 18.2 Å². The molecule has 1 N–H and O–H groups in total. The molecular weight excluding hydrogens is 434 g/mol. The molecule has 2 amide bonds. The van der Waals surface area contributed by atoms with E-state index in [-0.39, 0.29) is 29.7 Å². The summed E-state index contributed by atoms with van der Waals surface area (Å²) in [4.78, 5) is 31.7. The van der Waals surface area contributed by atoms with Gasteiger partial charge in [-0.2, -0.15) is 13.8 Å². The minimum atomic E-state index is -3.24. The lowest BCUT2D eigenvalue weighted by atomic mass is 9.84. The van der Waals surface area contributed by atoms with Crippen LogP contribution in [0.15, 0.2) is 22.7 Å². The number of rotatable bonds is 5. The molecule has 176 valence electrons. The smallest absolute Gasteiger partial charge is 0.322 e. The van der Waals surface area contributed by atoms with Crippen LogP contribution in [-0.2, 0) is 22.0 Å². The number of aromatic nitrogens is 2. The zero-order valence-corrected chi connectivity index (χ0v) is 18.6. The van der Waals surface area contributed by atoms with Crippen LogP contribution in [0.3, 0.4) is 0 Å². The highest BCUT2D eigenvalue weighted by Crippen LogP contribution is 2.35. The molecule has 3 aliphatic rings. The molecule has 2 fully saturated rings. The molecule has 1 aliphatic carbocycles. The summed E-state index contributed by atoms with van der Waals surface area (Å²) >= 11 is 0. The molecule has 3 heterocycles. The van der Waals surface area contributed by atoms with Gasteiger partial charge in [0, 0.05) is 30.6 Å². The second-order valence-electron chi connectivity index (χ2n) is 9.60. The number of carbonyl (C=O) groups is 2. The maximum absolute atomic E-state index is 13.5. The molecule has 33 heavy (non-hydrogen) atoms. The van der Waals surface area contributed by atoms with Crippen molar-refractivity contribution in [1.29, 1.82) is 0 Å². The Kier molecular flexibility index (Phi) is 5.23. The number of carbonyl (C=O) groups excluding carboxylic acids is 2. The van der Waals surface area contributed by atoms with E-state index < -0.39 is 17.2 Å². The van der Waals surface area contributed by atoms with Crippen LogP contribution in [0.5, 0.6) is 0 Å². The molecule has 1 aromatic carbocycles. The predicted molar refractivity (Wildman–Crippen MR) is 112 cm³/mol. The van der Waals surface area contributed by atoms with E-state index in [1.807, 2.05) is 11.8 Å². The fourth-order valence-corrected chi connectivity index (χ4v) is 4.78. The first kappa shape index (κ1) is 21.9. The summed E-state index contributed by atoms with van der Waals surface area (Å²) in [5, 5.41) is 6.82. The number of amides is 2.